The maximum absolute atomic E-state index is 11.4. The molecule has 0 fully saturated rings. The van der Waals surface area contributed by atoms with Crippen LogP contribution >= 0.6 is 11.3 Å². The van der Waals surface area contributed by atoms with Crippen molar-refractivity contribution in [2.24, 2.45) is 0 Å². The molecule has 14 heavy (non-hydrogen) atoms. The molecule has 8 heteroatoms. The molecule has 0 aliphatic carbocycles. The first-order valence-corrected chi connectivity index (χ1v) is 6.24. The van der Waals surface area contributed by atoms with Gasteiger partial charge in [0.1, 0.15) is 0 Å². The predicted molar refractivity (Wildman–Crippen MR) is 49.2 cm³/mol. The molecule has 1 rings (SSSR count). The Morgan fingerprint density at radius 1 is 1.50 bits per heavy atom. The Labute approximate surface area is 84.5 Å². The van der Waals surface area contributed by atoms with Crippen LogP contribution < -0.4 is 0 Å². The van der Waals surface area contributed by atoms with E-state index < -0.39 is 15.8 Å². The van der Waals surface area contributed by atoms with Crippen molar-refractivity contribution in [3.63, 3.8) is 0 Å². The van der Waals surface area contributed by atoms with Crippen LogP contribution in [0.5, 0.6) is 0 Å². The smallest absolute Gasteiger partial charge is 0.367 e. The monoisotopic (exact) mass is 236 g/mol. The molecule has 1 heterocycles. The van der Waals surface area contributed by atoms with Crippen LogP contribution in [0.4, 0.5) is 0 Å². The predicted octanol–water partition coefficient (Wildman–Crippen LogP) is 0.420. The van der Waals surface area contributed by atoms with Crippen LogP contribution in [-0.2, 0) is 9.84 Å². The minimum absolute atomic E-state index is 0.0404. The molecule has 0 spiro atoms. The van der Waals surface area contributed by atoms with Gasteiger partial charge >= 0.3 is 5.97 Å². The summed E-state index contributed by atoms with van der Waals surface area (Å²) >= 11 is 0.578. The fourth-order valence-corrected chi connectivity index (χ4v) is 3.07. The largest absolute Gasteiger partial charge is 0.476 e. The van der Waals surface area contributed by atoms with Crippen LogP contribution in [0, 0.1) is 0 Å². The van der Waals surface area contributed by atoms with Crippen LogP contribution in [0.15, 0.2) is 4.34 Å². The number of aromatic nitrogens is 2. The lowest BCUT2D eigenvalue weighted by Gasteiger charge is -1.93. The molecule has 0 saturated heterocycles. The quantitative estimate of drug-likeness (QED) is 0.813. The SMILES string of the molecule is CCCS(=O)(=O)c1nnc(C(=O)O)s1. The third-order valence-corrected chi connectivity index (χ3v) is 4.61. The van der Waals surface area contributed by atoms with Crippen LogP contribution in [0.3, 0.4) is 0 Å². The molecule has 1 aromatic heterocycles. The van der Waals surface area contributed by atoms with Crippen molar-refractivity contribution in [2.75, 3.05) is 5.75 Å². The number of aromatic carboxylic acids is 1. The Morgan fingerprint density at radius 3 is 2.57 bits per heavy atom. The summed E-state index contributed by atoms with van der Waals surface area (Å²) in [6.45, 7) is 1.72. The molecular formula is C6H8N2O4S2. The van der Waals surface area contributed by atoms with Gasteiger partial charge in [-0.3, -0.25) is 0 Å². The van der Waals surface area contributed by atoms with Gasteiger partial charge in [0, 0.05) is 0 Å². The number of nitrogens with zero attached hydrogens (tertiary/aromatic N) is 2. The topological polar surface area (TPSA) is 97.2 Å². The second kappa shape index (κ2) is 4.01. The summed E-state index contributed by atoms with van der Waals surface area (Å²) in [5.74, 6) is -1.30. The Balaban J connectivity index is 3.03. The number of carboxylic acid groups (broad SMARTS) is 1. The highest BCUT2D eigenvalue weighted by Crippen LogP contribution is 2.17. The summed E-state index contributed by atoms with van der Waals surface area (Å²) in [5.41, 5.74) is 0. The summed E-state index contributed by atoms with van der Waals surface area (Å²) in [6.07, 6.45) is 0.463. The number of hydrogen-bond acceptors (Lipinski definition) is 6. The molecule has 0 aliphatic rings. The Morgan fingerprint density at radius 2 is 2.14 bits per heavy atom. The first-order chi connectivity index (χ1) is 6.47. The third kappa shape index (κ3) is 2.26. The molecule has 1 N–H and O–H groups in total. The third-order valence-electron chi connectivity index (χ3n) is 1.33. The summed E-state index contributed by atoms with van der Waals surface area (Å²) in [7, 11) is -3.44. The molecule has 0 amide bonds. The Bertz CT molecular complexity index is 436. The lowest BCUT2D eigenvalue weighted by Crippen LogP contribution is -2.05. The van der Waals surface area contributed by atoms with E-state index in [-0.39, 0.29) is 15.1 Å². The van der Waals surface area contributed by atoms with Crippen molar-refractivity contribution in [1.82, 2.24) is 10.2 Å². The normalized spacial score (nSPS) is 11.5. The van der Waals surface area contributed by atoms with Crippen LogP contribution in [0.2, 0.25) is 0 Å². The fraction of sp³-hybridized carbons (Fsp3) is 0.500. The van der Waals surface area contributed by atoms with Crippen molar-refractivity contribution in [3.8, 4) is 0 Å². The second-order valence-electron chi connectivity index (χ2n) is 2.50. The number of sulfone groups is 1. The van der Waals surface area contributed by atoms with Crippen LogP contribution in [0.1, 0.15) is 23.1 Å². The van der Waals surface area contributed by atoms with E-state index >= 15 is 0 Å². The van der Waals surface area contributed by atoms with Crippen LogP contribution in [0.25, 0.3) is 0 Å². The van der Waals surface area contributed by atoms with Crippen LogP contribution in [-0.4, -0.2) is 35.4 Å². The van der Waals surface area contributed by atoms with E-state index in [2.05, 4.69) is 10.2 Å². The summed E-state index contributed by atoms with van der Waals surface area (Å²) < 4.78 is 22.5. The first-order valence-electron chi connectivity index (χ1n) is 3.77. The lowest BCUT2D eigenvalue weighted by molar-refractivity contribution is 0.0695. The summed E-state index contributed by atoms with van der Waals surface area (Å²) in [6, 6.07) is 0. The van der Waals surface area contributed by atoms with Gasteiger partial charge in [-0.25, -0.2) is 13.2 Å². The average molecular weight is 236 g/mol. The standard InChI is InChI=1S/C6H8N2O4S2/c1-2-3-14(11,12)6-8-7-4(13-6)5(9)10/h2-3H2,1H3,(H,9,10). The Hall–Kier alpha value is -1.02. The highest BCUT2D eigenvalue weighted by molar-refractivity contribution is 7.93. The molecule has 0 aromatic carbocycles. The highest BCUT2D eigenvalue weighted by Gasteiger charge is 2.21. The molecule has 0 atom stereocenters. The van der Waals surface area contributed by atoms with Crippen molar-refractivity contribution < 1.29 is 18.3 Å². The Kier molecular flexibility index (Phi) is 3.17. The molecule has 6 nitrogen and oxygen atoms in total. The molecule has 1 aromatic rings. The van der Waals surface area contributed by atoms with Gasteiger partial charge < -0.3 is 5.11 Å². The fourth-order valence-electron chi connectivity index (χ4n) is 0.778. The van der Waals surface area contributed by atoms with Crippen molar-refractivity contribution in [3.05, 3.63) is 5.01 Å². The van der Waals surface area contributed by atoms with E-state index in [0.717, 1.165) is 0 Å². The minimum Gasteiger partial charge on any atom is -0.476 e. The number of carboxylic acids is 1. The zero-order chi connectivity index (χ0) is 10.8. The second-order valence-corrected chi connectivity index (χ2v) is 5.76. The maximum Gasteiger partial charge on any atom is 0.367 e. The van der Waals surface area contributed by atoms with E-state index in [1.165, 1.54) is 0 Å². The number of hydrogen-bond donors (Lipinski definition) is 1. The van der Waals surface area contributed by atoms with E-state index in [1.54, 1.807) is 6.92 Å². The van der Waals surface area contributed by atoms with Crippen molar-refractivity contribution >= 4 is 27.1 Å². The first kappa shape index (κ1) is 11.1. The van der Waals surface area contributed by atoms with E-state index in [9.17, 15) is 13.2 Å². The van der Waals surface area contributed by atoms with E-state index in [1.807, 2.05) is 0 Å². The molecule has 0 aliphatic heterocycles. The van der Waals surface area contributed by atoms with Crippen molar-refractivity contribution in [1.29, 1.82) is 0 Å². The molecular weight excluding hydrogens is 228 g/mol. The van der Waals surface area contributed by atoms with Gasteiger partial charge in [0.05, 0.1) is 5.75 Å². The lowest BCUT2D eigenvalue weighted by atomic mass is 10.6. The molecule has 0 radical (unpaired) electrons. The van der Waals surface area contributed by atoms with Crippen molar-refractivity contribution in [2.45, 2.75) is 17.7 Å². The zero-order valence-electron chi connectivity index (χ0n) is 7.30. The number of rotatable bonds is 4. The van der Waals surface area contributed by atoms with E-state index in [0.29, 0.717) is 17.8 Å². The van der Waals surface area contributed by atoms with Gasteiger partial charge in [0.25, 0.3) is 0 Å². The summed E-state index contributed by atoms with van der Waals surface area (Å²) in [5, 5.41) is 14.8. The zero-order valence-corrected chi connectivity index (χ0v) is 8.93. The molecule has 0 unspecified atom stereocenters. The summed E-state index contributed by atoms with van der Waals surface area (Å²) in [4.78, 5) is 10.4. The van der Waals surface area contributed by atoms with Gasteiger partial charge in [-0.05, 0) is 6.42 Å². The average Bonchev–Trinajstić information content (AvgIpc) is 2.51. The molecule has 0 saturated carbocycles. The van der Waals surface area contributed by atoms with Gasteiger partial charge in [-0.15, -0.1) is 10.2 Å². The highest BCUT2D eigenvalue weighted by atomic mass is 32.2. The van der Waals surface area contributed by atoms with Gasteiger partial charge in [-0.1, -0.05) is 18.3 Å². The van der Waals surface area contributed by atoms with Gasteiger partial charge in [-0.2, -0.15) is 0 Å². The molecule has 78 valence electrons. The minimum atomic E-state index is -3.44. The van der Waals surface area contributed by atoms with Gasteiger partial charge in [0.2, 0.25) is 19.2 Å². The maximum atomic E-state index is 11.4. The van der Waals surface area contributed by atoms with E-state index in [4.69, 9.17) is 5.11 Å². The number of carbonyl (C=O) groups is 1. The van der Waals surface area contributed by atoms with Gasteiger partial charge in [0.15, 0.2) is 0 Å². The molecule has 0 bridgehead atoms.